The predicted octanol–water partition coefficient (Wildman–Crippen LogP) is 2.38. The second kappa shape index (κ2) is 3.75. The van der Waals surface area contributed by atoms with E-state index in [1.54, 1.807) is 18.0 Å². The average Bonchev–Trinajstić information content (AvgIpc) is 2.65. The van der Waals surface area contributed by atoms with Gasteiger partial charge in [-0.2, -0.15) is 0 Å². The Labute approximate surface area is 86.7 Å². The molecule has 0 atom stereocenters. The highest BCUT2D eigenvalue weighted by molar-refractivity contribution is 7.98. The molecule has 3 N–H and O–H groups in total. The molecule has 0 aliphatic rings. The average molecular weight is 205 g/mol. The quantitative estimate of drug-likeness (QED) is 0.740. The molecule has 3 nitrogen and oxygen atoms in total. The van der Waals surface area contributed by atoms with Crippen molar-refractivity contribution >= 4 is 17.7 Å². The van der Waals surface area contributed by atoms with E-state index in [-0.39, 0.29) is 0 Å². The Hall–Kier alpha value is -1.42. The van der Waals surface area contributed by atoms with Gasteiger partial charge in [-0.25, -0.2) is 4.98 Å². The standard InChI is InChI=1S/C10H11N3S/c1-14-8-4-2-7(3-5-8)9-6-12-10(11)13-9/h2-6H,1H3,(H3,11,12,13). The van der Waals surface area contributed by atoms with Gasteiger partial charge in [0, 0.05) is 4.90 Å². The SMILES string of the molecule is CSc1ccc(-c2cnc(N)[nH]2)cc1. The number of hydrogen-bond donors (Lipinski definition) is 2. The van der Waals surface area contributed by atoms with Crippen LogP contribution in [-0.4, -0.2) is 16.2 Å². The number of aromatic amines is 1. The molecule has 4 heteroatoms. The minimum Gasteiger partial charge on any atom is -0.369 e. The number of H-pyrrole nitrogens is 1. The molecule has 0 bridgehead atoms. The third kappa shape index (κ3) is 1.75. The van der Waals surface area contributed by atoms with Crippen molar-refractivity contribution in [2.75, 3.05) is 12.0 Å². The molecule has 0 saturated carbocycles. The number of hydrogen-bond acceptors (Lipinski definition) is 3. The summed E-state index contributed by atoms with van der Waals surface area (Å²) in [6.45, 7) is 0. The van der Waals surface area contributed by atoms with Crippen LogP contribution in [0.25, 0.3) is 11.3 Å². The molecule has 0 amide bonds. The van der Waals surface area contributed by atoms with Crippen LogP contribution in [0.3, 0.4) is 0 Å². The molecule has 2 aromatic rings. The van der Waals surface area contributed by atoms with E-state index in [1.165, 1.54) is 4.90 Å². The highest BCUT2D eigenvalue weighted by atomic mass is 32.2. The number of anilines is 1. The van der Waals surface area contributed by atoms with Gasteiger partial charge in [0.2, 0.25) is 0 Å². The molecule has 1 aromatic heterocycles. The smallest absolute Gasteiger partial charge is 0.197 e. The molecule has 1 heterocycles. The highest BCUT2D eigenvalue weighted by Crippen LogP contribution is 2.21. The zero-order valence-corrected chi connectivity index (χ0v) is 8.64. The number of nitrogens with one attached hydrogen (secondary N) is 1. The van der Waals surface area contributed by atoms with E-state index in [2.05, 4.69) is 40.5 Å². The summed E-state index contributed by atoms with van der Waals surface area (Å²) in [6, 6.07) is 8.27. The maximum atomic E-state index is 5.50. The van der Waals surface area contributed by atoms with Crippen LogP contribution in [0.1, 0.15) is 0 Å². The molecule has 0 radical (unpaired) electrons. The van der Waals surface area contributed by atoms with Crippen LogP contribution in [0.2, 0.25) is 0 Å². The van der Waals surface area contributed by atoms with Crippen molar-refractivity contribution in [2.24, 2.45) is 0 Å². The van der Waals surface area contributed by atoms with Crippen LogP contribution >= 0.6 is 11.8 Å². The molecule has 0 aliphatic carbocycles. The summed E-state index contributed by atoms with van der Waals surface area (Å²) < 4.78 is 0. The Morgan fingerprint density at radius 2 is 2.00 bits per heavy atom. The van der Waals surface area contributed by atoms with E-state index in [0.717, 1.165) is 11.3 Å². The van der Waals surface area contributed by atoms with E-state index >= 15 is 0 Å². The minimum absolute atomic E-state index is 0.453. The Morgan fingerprint density at radius 1 is 1.29 bits per heavy atom. The maximum absolute atomic E-state index is 5.50. The summed E-state index contributed by atoms with van der Waals surface area (Å²) in [5.41, 5.74) is 7.56. The summed E-state index contributed by atoms with van der Waals surface area (Å²) >= 11 is 1.73. The largest absolute Gasteiger partial charge is 0.369 e. The van der Waals surface area contributed by atoms with Gasteiger partial charge in [-0.05, 0) is 24.0 Å². The first kappa shape index (κ1) is 9.15. The molecular formula is C10H11N3S. The van der Waals surface area contributed by atoms with Gasteiger partial charge < -0.3 is 10.7 Å². The molecule has 0 spiro atoms. The maximum Gasteiger partial charge on any atom is 0.197 e. The number of rotatable bonds is 2. The van der Waals surface area contributed by atoms with E-state index < -0.39 is 0 Å². The van der Waals surface area contributed by atoms with Crippen LogP contribution in [0.15, 0.2) is 35.4 Å². The lowest BCUT2D eigenvalue weighted by Gasteiger charge is -1.98. The van der Waals surface area contributed by atoms with Crippen molar-refractivity contribution in [1.82, 2.24) is 9.97 Å². The van der Waals surface area contributed by atoms with Crippen LogP contribution in [0.5, 0.6) is 0 Å². The fourth-order valence-corrected chi connectivity index (χ4v) is 1.66. The van der Waals surface area contributed by atoms with Gasteiger partial charge in [-0.3, -0.25) is 0 Å². The fraction of sp³-hybridized carbons (Fsp3) is 0.100. The summed E-state index contributed by atoms with van der Waals surface area (Å²) in [7, 11) is 0. The fourth-order valence-electron chi connectivity index (χ4n) is 1.25. The van der Waals surface area contributed by atoms with Crippen molar-refractivity contribution in [3.05, 3.63) is 30.5 Å². The number of thioether (sulfide) groups is 1. The number of nitrogens with two attached hydrogens (primary N) is 1. The van der Waals surface area contributed by atoms with E-state index in [9.17, 15) is 0 Å². The van der Waals surface area contributed by atoms with Crippen molar-refractivity contribution < 1.29 is 0 Å². The topological polar surface area (TPSA) is 54.7 Å². The highest BCUT2D eigenvalue weighted by Gasteiger charge is 2.00. The molecule has 1 aromatic carbocycles. The molecule has 0 saturated heterocycles. The van der Waals surface area contributed by atoms with Gasteiger partial charge >= 0.3 is 0 Å². The molecule has 2 rings (SSSR count). The third-order valence-electron chi connectivity index (χ3n) is 2.00. The van der Waals surface area contributed by atoms with Gasteiger partial charge in [0.15, 0.2) is 5.95 Å². The lowest BCUT2D eigenvalue weighted by Crippen LogP contribution is -1.85. The molecule has 0 fully saturated rings. The van der Waals surface area contributed by atoms with Gasteiger partial charge in [0.05, 0.1) is 11.9 Å². The van der Waals surface area contributed by atoms with Crippen LogP contribution in [0, 0.1) is 0 Å². The number of nitrogen functional groups attached to an aromatic ring is 1. The van der Waals surface area contributed by atoms with E-state index in [0.29, 0.717) is 5.95 Å². The van der Waals surface area contributed by atoms with E-state index in [4.69, 9.17) is 5.73 Å². The normalized spacial score (nSPS) is 10.4. The number of nitrogens with zero attached hydrogens (tertiary/aromatic N) is 1. The van der Waals surface area contributed by atoms with Crippen LogP contribution in [0.4, 0.5) is 5.95 Å². The van der Waals surface area contributed by atoms with Crippen molar-refractivity contribution in [3.8, 4) is 11.3 Å². The van der Waals surface area contributed by atoms with Crippen LogP contribution < -0.4 is 5.73 Å². The minimum atomic E-state index is 0.453. The molecule has 0 aliphatic heterocycles. The van der Waals surface area contributed by atoms with Crippen molar-refractivity contribution in [1.29, 1.82) is 0 Å². The van der Waals surface area contributed by atoms with E-state index in [1.807, 2.05) is 0 Å². The summed E-state index contributed by atoms with van der Waals surface area (Å²) in [4.78, 5) is 8.19. The van der Waals surface area contributed by atoms with Crippen molar-refractivity contribution in [3.63, 3.8) is 0 Å². The predicted molar refractivity (Wildman–Crippen MR) is 60.2 cm³/mol. The molecule has 14 heavy (non-hydrogen) atoms. The van der Waals surface area contributed by atoms with Gasteiger partial charge in [0.1, 0.15) is 0 Å². The zero-order valence-electron chi connectivity index (χ0n) is 7.82. The number of imidazole rings is 1. The number of benzene rings is 1. The van der Waals surface area contributed by atoms with Gasteiger partial charge in [0.25, 0.3) is 0 Å². The lowest BCUT2D eigenvalue weighted by molar-refractivity contribution is 1.32. The first-order valence-electron chi connectivity index (χ1n) is 4.24. The van der Waals surface area contributed by atoms with Crippen molar-refractivity contribution in [2.45, 2.75) is 4.90 Å². The molecular weight excluding hydrogens is 194 g/mol. The monoisotopic (exact) mass is 205 g/mol. The molecule has 72 valence electrons. The summed E-state index contributed by atoms with van der Waals surface area (Å²) in [5.74, 6) is 0.453. The Kier molecular flexibility index (Phi) is 2.45. The number of aromatic nitrogens is 2. The third-order valence-corrected chi connectivity index (χ3v) is 2.74. The van der Waals surface area contributed by atoms with Crippen LogP contribution in [-0.2, 0) is 0 Å². The zero-order chi connectivity index (χ0) is 9.97. The molecule has 0 unspecified atom stereocenters. The first-order valence-corrected chi connectivity index (χ1v) is 5.47. The second-order valence-corrected chi connectivity index (χ2v) is 3.79. The Bertz CT molecular complexity index is 419. The van der Waals surface area contributed by atoms with Gasteiger partial charge in [-0.15, -0.1) is 11.8 Å². The Morgan fingerprint density at radius 3 is 2.50 bits per heavy atom. The first-order chi connectivity index (χ1) is 6.79. The summed E-state index contributed by atoms with van der Waals surface area (Å²) in [5, 5.41) is 0. The second-order valence-electron chi connectivity index (χ2n) is 2.91. The Balaban J connectivity index is 2.33. The summed E-state index contributed by atoms with van der Waals surface area (Å²) in [6.07, 6.45) is 3.80. The van der Waals surface area contributed by atoms with Gasteiger partial charge in [-0.1, -0.05) is 12.1 Å². The lowest BCUT2D eigenvalue weighted by atomic mass is 10.2.